The van der Waals surface area contributed by atoms with Crippen LogP contribution < -0.4 is 5.32 Å². The van der Waals surface area contributed by atoms with E-state index in [1.807, 2.05) is 6.92 Å². The maximum absolute atomic E-state index is 12.9. The first kappa shape index (κ1) is 23.0. The minimum Gasteiger partial charge on any atom is -0.392 e. The Hall–Kier alpha value is -0.0700. The quantitative estimate of drug-likeness (QED) is 0.764. The summed E-state index contributed by atoms with van der Waals surface area (Å²) in [4.78, 5) is 17.3. The second kappa shape index (κ2) is 10.3. The predicted octanol–water partition coefficient (Wildman–Crippen LogP) is 2.05. The molecule has 3 aliphatic rings. The van der Waals surface area contributed by atoms with Gasteiger partial charge in [0.15, 0.2) is 0 Å². The highest BCUT2D eigenvalue weighted by Gasteiger charge is 2.41. The summed E-state index contributed by atoms with van der Waals surface area (Å²) >= 11 is 0. The number of nitrogens with zero attached hydrogens (tertiary/aromatic N) is 2. The molecular weight excluding hydrogens is 361 g/mol. The maximum atomic E-state index is 12.9. The zero-order chi connectivity index (χ0) is 16.4. The first-order valence-corrected chi connectivity index (χ1v) is 9.55. The van der Waals surface area contributed by atoms with Crippen LogP contribution >= 0.6 is 24.8 Å². The van der Waals surface area contributed by atoms with Crippen LogP contribution in [0, 0.1) is 5.92 Å². The number of carbonyl (C=O) groups is 1. The Labute approximate surface area is 164 Å². The highest BCUT2D eigenvalue weighted by Crippen LogP contribution is 2.33. The van der Waals surface area contributed by atoms with Gasteiger partial charge in [0.05, 0.1) is 12.1 Å². The van der Waals surface area contributed by atoms with E-state index in [4.69, 9.17) is 0 Å². The van der Waals surface area contributed by atoms with Crippen molar-refractivity contribution in [1.29, 1.82) is 0 Å². The van der Waals surface area contributed by atoms with E-state index >= 15 is 0 Å². The Morgan fingerprint density at radius 1 is 1.24 bits per heavy atom. The summed E-state index contributed by atoms with van der Waals surface area (Å²) in [6, 6.07) is 1.01. The van der Waals surface area contributed by atoms with Gasteiger partial charge in [-0.2, -0.15) is 0 Å². The summed E-state index contributed by atoms with van der Waals surface area (Å²) in [5.74, 6) is 1.03. The SMILES string of the molecule is CCC1CN(C(=O)C2CC3CCCCC3N2)CCN1CC(C)O.Cl.Cl. The lowest BCUT2D eigenvalue weighted by atomic mass is 9.85. The van der Waals surface area contributed by atoms with Gasteiger partial charge in [0.1, 0.15) is 0 Å². The largest absolute Gasteiger partial charge is 0.392 e. The third-order valence-electron chi connectivity index (χ3n) is 6.05. The molecule has 5 atom stereocenters. The summed E-state index contributed by atoms with van der Waals surface area (Å²) in [6.45, 7) is 7.23. The Kier molecular flexibility index (Phi) is 9.47. The van der Waals surface area contributed by atoms with Crippen LogP contribution in [-0.4, -0.2) is 71.2 Å². The number of hydrogen-bond acceptors (Lipinski definition) is 4. The van der Waals surface area contributed by atoms with Crippen LogP contribution in [0.25, 0.3) is 0 Å². The molecule has 1 aliphatic carbocycles. The van der Waals surface area contributed by atoms with Crippen molar-refractivity contribution in [3.63, 3.8) is 0 Å². The molecule has 2 aliphatic heterocycles. The van der Waals surface area contributed by atoms with Gasteiger partial charge >= 0.3 is 0 Å². The molecule has 2 saturated heterocycles. The van der Waals surface area contributed by atoms with E-state index in [1.54, 1.807) is 0 Å². The number of β-amino-alcohol motifs (C(OH)–C–C–N with tert-alkyl or cyclic N) is 1. The van der Waals surface area contributed by atoms with Crippen molar-refractivity contribution >= 4 is 30.7 Å². The number of aliphatic hydroxyl groups is 1. The van der Waals surface area contributed by atoms with E-state index < -0.39 is 0 Å². The van der Waals surface area contributed by atoms with E-state index in [1.165, 1.54) is 25.7 Å². The number of rotatable bonds is 4. The van der Waals surface area contributed by atoms with Gasteiger partial charge in [-0.05, 0) is 38.5 Å². The van der Waals surface area contributed by atoms with E-state index in [0.29, 0.717) is 24.5 Å². The summed E-state index contributed by atoms with van der Waals surface area (Å²) in [5, 5.41) is 13.3. The smallest absolute Gasteiger partial charge is 0.239 e. The van der Waals surface area contributed by atoms with E-state index in [9.17, 15) is 9.90 Å². The molecule has 0 aromatic heterocycles. The molecule has 1 saturated carbocycles. The normalized spacial score (nSPS) is 33.8. The van der Waals surface area contributed by atoms with Crippen LogP contribution in [0.15, 0.2) is 0 Å². The Morgan fingerprint density at radius 3 is 2.60 bits per heavy atom. The molecule has 3 fully saturated rings. The molecule has 5 nitrogen and oxygen atoms in total. The van der Waals surface area contributed by atoms with Crippen molar-refractivity contribution in [3.8, 4) is 0 Å². The number of piperazine rings is 1. The maximum Gasteiger partial charge on any atom is 0.239 e. The fraction of sp³-hybridized carbons (Fsp3) is 0.944. The topological polar surface area (TPSA) is 55.8 Å². The standard InChI is InChI=1S/C18H33N3O2.2ClH/c1-3-15-12-21(9-8-20(15)11-13(2)22)18(23)17-10-14-6-4-5-7-16(14)19-17;;/h13-17,19,22H,3-12H2,1-2H3;2*1H. The first-order chi connectivity index (χ1) is 11.1. The highest BCUT2D eigenvalue weighted by molar-refractivity contribution is 5.85. The van der Waals surface area contributed by atoms with Crippen molar-refractivity contribution in [1.82, 2.24) is 15.1 Å². The van der Waals surface area contributed by atoms with E-state index in [2.05, 4.69) is 22.0 Å². The van der Waals surface area contributed by atoms with Gasteiger partial charge in [-0.25, -0.2) is 0 Å². The van der Waals surface area contributed by atoms with Crippen molar-refractivity contribution < 1.29 is 9.90 Å². The predicted molar refractivity (Wildman–Crippen MR) is 106 cm³/mol. The highest BCUT2D eigenvalue weighted by atomic mass is 35.5. The van der Waals surface area contributed by atoms with Crippen molar-refractivity contribution in [2.75, 3.05) is 26.2 Å². The molecule has 148 valence electrons. The van der Waals surface area contributed by atoms with Gasteiger partial charge in [-0.1, -0.05) is 19.8 Å². The second-order valence-corrected chi connectivity index (χ2v) is 7.80. The van der Waals surface area contributed by atoms with Gasteiger partial charge < -0.3 is 15.3 Å². The van der Waals surface area contributed by atoms with Crippen LogP contribution in [0.3, 0.4) is 0 Å². The fourth-order valence-corrected chi connectivity index (χ4v) is 4.79. The number of carbonyl (C=O) groups excluding carboxylic acids is 1. The average Bonchev–Trinajstić information content (AvgIpc) is 2.98. The van der Waals surface area contributed by atoms with Gasteiger partial charge in [0.2, 0.25) is 5.91 Å². The molecule has 0 radical (unpaired) electrons. The number of aliphatic hydroxyl groups excluding tert-OH is 1. The molecule has 2 heterocycles. The van der Waals surface area contributed by atoms with Crippen LogP contribution in [0.4, 0.5) is 0 Å². The third-order valence-corrected chi connectivity index (χ3v) is 6.05. The van der Waals surface area contributed by atoms with Gasteiger partial charge in [0, 0.05) is 38.3 Å². The summed E-state index contributed by atoms with van der Waals surface area (Å²) in [7, 11) is 0. The van der Waals surface area contributed by atoms with Crippen LogP contribution in [0.1, 0.15) is 52.4 Å². The molecule has 0 spiro atoms. The van der Waals surface area contributed by atoms with Crippen molar-refractivity contribution in [3.05, 3.63) is 0 Å². The number of halogens is 2. The van der Waals surface area contributed by atoms with Crippen LogP contribution in [0.5, 0.6) is 0 Å². The Balaban J connectivity index is 0.00000156. The number of amides is 1. The van der Waals surface area contributed by atoms with Gasteiger partial charge in [0.25, 0.3) is 0 Å². The molecule has 0 aromatic rings. The minimum absolute atomic E-state index is 0. The lowest BCUT2D eigenvalue weighted by Gasteiger charge is -2.42. The number of fused-ring (bicyclic) bond motifs is 1. The van der Waals surface area contributed by atoms with Crippen molar-refractivity contribution in [2.24, 2.45) is 5.92 Å². The molecule has 1 amide bonds. The Bertz CT molecular complexity index is 411. The molecule has 25 heavy (non-hydrogen) atoms. The zero-order valence-corrected chi connectivity index (χ0v) is 17.2. The molecule has 0 aromatic carbocycles. The summed E-state index contributed by atoms with van der Waals surface area (Å²) in [5.41, 5.74) is 0. The second-order valence-electron chi connectivity index (χ2n) is 7.80. The monoisotopic (exact) mass is 395 g/mol. The van der Waals surface area contributed by atoms with Crippen LogP contribution in [-0.2, 0) is 4.79 Å². The summed E-state index contributed by atoms with van der Waals surface area (Å²) < 4.78 is 0. The molecular formula is C18H35Cl2N3O2. The zero-order valence-electron chi connectivity index (χ0n) is 15.5. The lowest BCUT2D eigenvalue weighted by molar-refractivity contribution is -0.136. The van der Waals surface area contributed by atoms with Crippen molar-refractivity contribution in [2.45, 2.75) is 76.6 Å². The Morgan fingerprint density at radius 2 is 1.96 bits per heavy atom. The van der Waals surface area contributed by atoms with E-state index in [-0.39, 0.29) is 37.0 Å². The average molecular weight is 396 g/mol. The number of hydrogen-bond donors (Lipinski definition) is 2. The van der Waals surface area contributed by atoms with E-state index in [0.717, 1.165) is 38.4 Å². The molecule has 7 heteroatoms. The van der Waals surface area contributed by atoms with Gasteiger partial charge in [-0.15, -0.1) is 24.8 Å². The molecule has 3 rings (SSSR count). The molecule has 5 unspecified atom stereocenters. The molecule has 0 bridgehead atoms. The molecule has 2 N–H and O–H groups in total. The first-order valence-electron chi connectivity index (χ1n) is 9.55. The summed E-state index contributed by atoms with van der Waals surface area (Å²) in [6.07, 6.45) is 6.94. The van der Waals surface area contributed by atoms with Crippen LogP contribution in [0.2, 0.25) is 0 Å². The lowest BCUT2D eigenvalue weighted by Crippen LogP contribution is -2.58. The minimum atomic E-state index is -0.300. The fourth-order valence-electron chi connectivity index (χ4n) is 4.79. The third kappa shape index (κ3) is 5.46. The number of nitrogens with one attached hydrogen (secondary N) is 1. The van der Waals surface area contributed by atoms with Gasteiger partial charge in [-0.3, -0.25) is 9.69 Å².